The summed E-state index contributed by atoms with van der Waals surface area (Å²) < 4.78 is 41.8. The van der Waals surface area contributed by atoms with E-state index in [0.29, 0.717) is 0 Å². The summed E-state index contributed by atoms with van der Waals surface area (Å²) in [6.45, 7) is 0. The lowest BCUT2D eigenvalue weighted by Gasteiger charge is -2.10. The van der Waals surface area contributed by atoms with E-state index in [2.05, 4.69) is 15.9 Å². The summed E-state index contributed by atoms with van der Waals surface area (Å²) in [6, 6.07) is 3.40. The van der Waals surface area contributed by atoms with E-state index in [1.807, 2.05) is 0 Å². The zero-order chi connectivity index (χ0) is 11.6. The molecule has 1 aromatic rings. The first-order valence-electron chi connectivity index (χ1n) is 3.75. The van der Waals surface area contributed by atoms with Crippen LogP contribution >= 0.6 is 15.9 Å². The van der Waals surface area contributed by atoms with E-state index in [-0.39, 0.29) is 15.8 Å². The van der Waals surface area contributed by atoms with Crippen molar-refractivity contribution in [2.45, 2.75) is 6.18 Å². The number of hydrogen-bond donors (Lipinski definition) is 0. The van der Waals surface area contributed by atoms with E-state index >= 15 is 0 Å². The molecule has 0 amide bonds. The maximum absolute atomic E-state index is 12.4. The normalized spacial score (nSPS) is 10.9. The lowest BCUT2D eigenvalue weighted by atomic mass is 10.1. The van der Waals surface area contributed by atoms with Crippen LogP contribution in [0.5, 0.6) is 5.75 Å². The lowest BCUT2D eigenvalue weighted by Crippen LogP contribution is -2.06. The smallest absolute Gasteiger partial charge is 0.416 e. The second kappa shape index (κ2) is 4.11. The van der Waals surface area contributed by atoms with E-state index in [4.69, 9.17) is 10.00 Å². The molecule has 0 heterocycles. The van der Waals surface area contributed by atoms with E-state index in [9.17, 15) is 13.2 Å². The van der Waals surface area contributed by atoms with Crippen LogP contribution in [0.25, 0.3) is 0 Å². The molecule has 1 rings (SSSR count). The molecular weight excluding hydrogens is 275 g/mol. The van der Waals surface area contributed by atoms with Crippen LogP contribution in [0, 0.1) is 11.3 Å². The molecule has 0 aliphatic heterocycles. The summed E-state index contributed by atoms with van der Waals surface area (Å²) in [5.74, 6) is -0.0980. The van der Waals surface area contributed by atoms with Crippen LogP contribution < -0.4 is 4.74 Å². The Bertz CT molecular complexity index is 423. The zero-order valence-corrected chi connectivity index (χ0v) is 9.11. The highest BCUT2D eigenvalue weighted by atomic mass is 79.9. The number of ether oxygens (including phenoxy) is 1. The first-order chi connectivity index (χ1) is 6.90. The van der Waals surface area contributed by atoms with Crippen LogP contribution in [0.4, 0.5) is 13.2 Å². The number of alkyl halides is 3. The fourth-order valence-electron chi connectivity index (χ4n) is 1.01. The Balaban J connectivity index is 3.40. The standard InChI is InChI=1S/C9H5BrF3NO/c1-15-8-3-5(9(11,12)13)2-7(10)6(8)4-14/h2-3H,1H3. The predicted octanol–water partition coefficient (Wildman–Crippen LogP) is 3.35. The highest BCUT2D eigenvalue weighted by molar-refractivity contribution is 9.10. The summed E-state index contributed by atoms with van der Waals surface area (Å²) in [6.07, 6.45) is -4.45. The molecule has 0 saturated heterocycles. The van der Waals surface area contributed by atoms with Crippen LogP contribution in [0.2, 0.25) is 0 Å². The van der Waals surface area contributed by atoms with Gasteiger partial charge in [-0.25, -0.2) is 0 Å². The topological polar surface area (TPSA) is 33.0 Å². The van der Waals surface area contributed by atoms with E-state index in [1.54, 1.807) is 6.07 Å². The summed E-state index contributed by atoms with van der Waals surface area (Å²) >= 11 is 2.89. The lowest BCUT2D eigenvalue weighted by molar-refractivity contribution is -0.137. The molecule has 0 N–H and O–H groups in total. The Morgan fingerprint density at radius 1 is 1.40 bits per heavy atom. The van der Waals surface area contributed by atoms with Gasteiger partial charge in [-0.2, -0.15) is 18.4 Å². The number of halogens is 4. The second-order valence-electron chi connectivity index (χ2n) is 2.64. The molecule has 0 atom stereocenters. The molecule has 2 nitrogen and oxygen atoms in total. The number of nitriles is 1. The van der Waals surface area contributed by atoms with E-state index in [0.717, 1.165) is 12.1 Å². The average Bonchev–Trinajstić information content (AvgIpc) is 2.15. The molecule has 0 spiro atoms. The maximum Gasteiger partial charge on any atom is 0.416 e. The molecule has 0 fully saturated rings. The van der Waals surface area contributed by atoms with Crippen LogP contribution in [-0.4, -0.2) is 7.11 Å². The minimum atomic E-state index is -4.45. The van der Waals surface area contributed by atoms with Gasteiger partial charge in [-0.3, -0.25) is 0 Å². The molecule has 0 saturated carbocycles. The molecule has 0 radical (unpaired) electrons. The Kier molecular flexibility index (Phi) is 3.25. The Morgan fingerprint density at radius 3 is 2.40 bits per heavy atom. The van der Waals surface area contributed by atoms with Gasteiger partial charge in [0.1, 0.15) is 17.4 Å². The molecule has 0 aromatic heterocycles. The number of methoxy groups -OCH3 is 1. The van der Waals surface area contributed by atoms with Gasteiger partial charge >= 0.3 is 6.18 Å². The van der Waals surface area contributed by atoms with Crippen LogP contribution in [0.1, 0.15) is 11.1 Å². The number of hydrogen-bond acceptors (Lipinski definition) is 2. The van der Waals surface area contributed by atoms with Gasteiger partial charge in [0, 0.05) is 4.47 Å². The largest absolute Gasteiger partial charge is 0.495 e. The van der Waals surface area contributed by atoms with Crippen molar-refractivity contribution in [1.82, 2.24) is 0 Å². The monoisotopic (exact) mass is 279 g/mol. The first kappa shape index (κ1) is 11.9. The molecule has 15 heavy (non-hydrogen) atoms. The van der Waals surface area contributed by atoms with Gasteiger partial charge in [0.05, 0.1) is 12.7 Å². The molecule has 0 aliphatic rings. The van der Waals surface area contributed by atoms with Crippen molar-refractivity contribution >= 4 is 15.9 Å². The van der Waals surface area contributed by atoms with Gasteiger partial charge in [0.25, 0.3) is 0 Å². The Hall–Kier alpha value is -1.22. The Morgan fingerprint density at radius 2 is 2.00 bits per heavy atom. The number of rotatable bonds is 1. The van der Waals surface area contributed by atoms with Crippen molar-refractivity contribution in [1.29, 1.82) is 5.26 Å². The van der Waals surface area contributed by atoms with Gasteiger partial charge < -0.3 is 4.74 Å². The maximum atomic E-state index is 12.4. The van der Waals surface area contributed by atoms with Gasteiger partial charge in [-0.05, 0) is 28.1 Å². The van der Waals surface area contributed by atoms with Crippen molar-refractivity contribution in [3.63, 3.8) is 0 Å². The second-order valence-corrected chi connectivity index (χ2v) is 3.50. The highest BCUT2D eigenvalue weighted by Crippen LogP contribution is 2.36. The quantitative estimate of drug-likeness (QED) is 0.790. The highest BCUT2D eigenvalue weighted by Gasteiger charge is 2.32. The minimum Gasteiger partial charge on any atom is -0.495 e. The van der Waals surface area contributed by atoms with Gasteiger partial charge in [-0.1, -0.05) is 0 Å². The molecule has 0 bridgehead atoms. The first-order valence-corrected chi connectivity index (χ1v) is 4.54. The molecule has 80 valence electrons. The van der Waals surface area contributed by atoms with Gasteiger partial charge in [0.2, 0.25) is 0 Å². The average molecular weight is 280 g/mol. The van der Waals surface area contributed by atoms with E-state index in [1.165, 1.54) is 7.11 Å². The van der Waals surface area contributed by atoms with E-state index < -0.39 is 11.7 Å². The summed E-state index contributed by atoms with van der Waals surface area (Å²) in [5, 5.41) is 8.68. The zero-order valence-electron chi connectivity index (χ0n) is 7.52. The van der Waals surface area contributed by atoms with Crippen molar-refractivity contribution in [2.24, 2.45) is 0 Å². The molecular formula is C9H5BrF3NO. The van der Waals surface area contributed by atoms with Crippen molar-refractivity contribution in [3.05, 3.63) is 27.7 Å². The third-order valence-electron chi connectivity index (χ3n) is 1.71. The Labute approximate surface area is 92.4 Å². The van der Waals surface area contributed by atoms with Gasteiger partial charge in [-0.15, -0.1) is 0 Å². The fourth-order valence-corrected chi connectivity index (χ4v) is 1.55. The third kappa shape index (κ3) is 2.42. The number of nitrogens with zero attached hydrogens (tertiary/aromatic N) is 1. The van der Waals surface area contributed by atoms with Crippen molar-refractivity contribution < 1.29 is 17.9 Å². The third-order valence-corrected chi connectivity index (χ3v) is 2.34. The fraction of sp³-hybridized carbons (Fsp3) is 0.222. The molecule has 6 heteroatoms. The van der Waals surface area contributed by atoms with Crippen LogP contribution in [0.15, 0.2) is 16.6 Å². The van der Waals surface area contributed by atoms with Crippen LogP contribution in [-0.2, 0) is 6.18 Å². The van der Waals surface area contributed by atoms with Crippen LogP contribution in [0.3, 0.4) is 0 Å². The van der Waals surface area contributed by atoms with Gasteiger partial charge in [0.15, 0.2) is 0 Å². The minimum absolute atomic E-state index is 0.0468. The molecule has 1 aromatic carbocycles. The SMILES string of the molecule is COc1cc(C(F)(F)F)cc(Br)c1C#N. The number of benzene rings is 1. The molecule has 0 aliphatic carbocycles. The van der Waals surface area contributed by atoms with Crippen molar-refractivity contribution in [2.75, 3.05) is 7.11 Å². The molecule has 0 unspecified atom stereocenters. The predicted molar refractivity (Wildman–Crippen MR) is 50.4 cm³/mol. The summed E-state index contributed by atoms with van der Waals surface area (Å²) in [5.41, 5.74) is -0.810. The summed E-state index contributed by atoms with van der Waals surface area (Å²) in [4.78, 5) is 0. The summed E-state index contributed by atoms with van der Waals surface area (Å²) in [7, 11) is 1.21. The van der Waals surface area contributed by atoms with Crippen molar-refractivity contribution in [3.8, 4) is 11.8 Å².